The molecule has 1 atom stereocenters. The average molecular weight is 357 g/mol. The van der Waals surface area contributed by atoms with Gasteiger partial charge in [-0.05, 0) is 19.3 Å². The van der Waals surface area contributed by atoms with Crippen molar-refractivity contribution in [2.45, 2.75) is 117 Å². The van der Waals surface area contributed by atoms with E-state index in [-0.39, 0.29) is 24.6 Å². The lowest BCUT2D eigenvalue weighted by Crippen LogP contribution is -2.25. The van der Waals surface area contributed by atoms with Gasteiger partial charge in [0.2, 0.25) is 0 Å². The van der Waals surface area contributed by atoms with Crippen LogP contribution in [-0.2, 0) is 19.1 Å². The van der Waals surface area contributed by atoms with Crippen LogP contribution in [0, 0.1) is 0 Å². The molecular formula is C21H40O4. The topological polar surface area (TPSA) is 52.6 Å². The predicted molar refractivity (Wildman–Crippen MR) is 102 cm³/mol. The number of unbranched alkanes of at least 4 members (excludes halogenated alkanes) is 8. The zero-order chi connectivity index (χ0) is 18.8. The van der Waals surface area contributed by atoms with Gasteiger partial charge in [-0.15, -0.1) is 0 Å². The lowest BCUT2D eigenvalue weighted by molar-refractivity contribution is -0.159. The van der Waals surface area contributed by atoms with Gasteiger partial charge >= 0.3 is 11.9 Å². The van der Waals surface area contributed by atoms with Gasteiger partial charge < -0.3 is 9.47 Å². The minimum Gasteiger partial charge on any atom is -0.462 e. The summed E-state index contributed by atoms with van der Waals surface area (Å²) in [5.41, 5.74) is 0. The molecule has 1 unspecified atom stereocenters. The molecular weight excluding hydrogens is 316 g/mol. The third-order valence-electron chi connectivity index (χ3n) is 4.31. The van der Waals surface area contributed by atoms with Gasteiger partial charge in [0, 0.05) is 12.8 Å². The maximum absolute atomic E-state index is 11.9. The molecule has 0 N–H and O–H groups in total. The van der Waals surface area contributed by atoms with Crippen LogP contribution in [0.1, 0.15) is 111 Å². The van der Waals surface area contributed by atoms with Crippen molar-refractivity contribution in [3.05, 3.63) is 0 Å². The van der Waals surface area contributed by atoms with Gasteiger partial charge in [-0.2, -0.15) is 0 Å². The van der Waals surface area contributed by atoms with Crippen molar-refractivity contribution in [2.75, 3.05) is 6.61 Å². The average Bonchev–Trinajstić information content (AvgIpc) is 2.59. The molecule has 0 bridgehead atoms. The van der Waals surface area contributed by atoms with Gasteiger partial charge in [-0.3, -0.25) is 9.59 Å². The smallest absolute Gasteiger partial charge is 0.306 e. The summed E-state index contributed by atoms with van der Waals surface area (Å²) in [6.45, 7) is 6.59. The van der Waals surface area contributed by atoms with E-state index in [1.54, 1.807) is 0 Å². The zero-order valence-electron chi connectivity index (χ0n) is 16.8. The molecule has 148 valence electrons. The fraction of sp³-hybridized carbons (Fsp3) is 0.905. The van der Waals surface area contributed by atoms with Gasteiger partial charge in [-0.25, -0.2) is 0 Å². The van der Waals surface area contributed by atoms with E-state index in [1.807, 2.05) is 6.92 Å². The van der Waals surface area contributed by atoms with Crippen molar-refractivity contribution >= 4 is 11.9 Å². The summed E-state index contributed by atoms with van der Waals surface area (Å²) in [6.07, 6.45) is 13.4. The van der Waals surface area contributed by atoms with Gasteiger partial charge in [0.15, 0.2) is 0 Å². The molecule has 25 heavy (non-hydrogen) atoms. The highest BCUT2D eigenvalue weighted by atomic mass is 16.6. The van der Waals surface area contributed by atoms with Gasteiger partial charge in [0.25, 0.3) is 0 Å². The molecule has 0 aliphatic heterocycles. The molecule has 0 fully saturated rings. The molecule has 4 nitrogen and oxygen atoms in total. The molecule has 0 amide bonds. The Balaban J connectivity index is 3.87. The van der Waals surface area contributed by atoms with E-state index in [2.05, 4.69) is 13.8 Å². The molecule has 0 radical (unpaired) electrons. The molecule has 0 saturated heterocycles. The summed E-state index contributed by atoms with van der Waals surface area (Å²) in [5, 5.41) is 0. The number of esters is 2. The van der Waals surface area contributed by atoms with Gasteiger partial charge in [0.05, 0.1) is 0 Å². The van der Waals surface area contributed by atoms with Crippen molar-refractivity contribution in [3.63, 3.8) is 0 Å². The van der Waals surface area contributed by atoms with Crippen molar-refractivity contribution in [1.82, 2.24) is 0 Å². The number of hydrogen-bond acceptors (Lipinski definition) is 4. The molecule has 0 heterocycles. The Morgan fingerprint density at radius 2 is 1.20 bits per heavy atom. The first-order chi connectivity index (χ1) is 12.1. The van der Waals surface area contributed by atoms with Gasteiger partial charge in [-0.1, -0.05) is 78.6 Å². The fourth-order valence-electron chi connectivity index (χ4n) is 2.75. The van der Waals surface area contributed by atoms with Crippen LogP contribution in [-0.4, -0.2) is 24.6 Å². The summed E-state index contributed by atoms with van der Waals surface area (Å²) < 4.78 is 10.8. The Labute approximate surface area is 155 Å². The summed E-state index contributed by atoms with van der Waals surface area (Å²) in [6, 6.07) is 0. The van der Waals surface area contributed by atoms with Crippen LogP contribution in [0.4, 0.5) is 0 Å². The van der Waals surface area contributed by atoms with Crippen molar-refractivity contribution in [1.29, 1.82) is 0 Å². The zero-order valence-corrected chi connectivity index (χ0v) is 16.8. The molecule has 0 spiro atoms. The van der Waals surface area contributed by atoms with Crippen molar-refractivity contribution < 1.29 is 19.1 Å². The van der Waals surface area contributed by atoms with Crippen molar-refractivity contribution in [2.24, 2.45) is 0 Å². The molecule has 0 saturated carbocycles. The molecule has 0 rings (SSSR count). The van der Waals surface area contributed by atoms with Crippen LogP contribution in [0.15, 0.2) is 0 Å². The Kier molecular flexibility index (Phi) is 17.0. The normalized spacial score (nSPS) is 12.0. The highest BCUT2D eigenvalue weighted by Crippen LogP contribution is 2.11. The van der Waals surface area contributed by atoms with E-state index in [1.165, 1.54) is 38.5 Å². The molecule has 0 aliphatic carbocycles. The van der Waals surface area contributed by atoms with Crippen LogP contribution in [0.25, 0.3) is 0 Å². The predicted octanol–water partition coefficient (Wildman–Crippen LogP) is 5.96. The second-order valence-corrected chi connectivity index (χ2v) is 6.91. The first kappa shape index (κ1) is 23.9. The molecule has 0 aromatic heterocycles. The maximum atomic E-state index is 11.9. The molecule has 0 aromatic rings. The Morgan fingerprint density at radius 1 is 0.680 bits per heavy atom. The van der Waals surface area contributed by atoms with Crippen LogP contribution in [0.2, 0.25) is 0 Å². The summed E-state index contributed by atoms with van der Waals surface area (Å²) in [7, 11) is 0. The molecule has 4 heteroatoms. The first-order valence-electron chi connectivity index (χ1n) is 10.5. The lowest BCUT2D eigenvalue weighted by Gasteiger charge is -2.17. The maximum Gasteiger partial charge on any atom is 0.306 e. The van der Waals surface area contributed by atoms with E-state index in [0.29, 0.717) is 12.8 Å². The van der Waals surface area contributed by atoms with E-state index < -0.39 is 0 Å². The summed E-state index contributed by atoms with van der Waals surface area (Å²) in [4.78, 5) is 23.7. The van der Waals surface area contributed by atoms with E-state index in [0.717, 1.165) is 38.5 Å². The number of carbonyl (C=O) groups is 2. The van der Waals surface area contributed by atoms with E-state index >= 15 is 0 Å². The summed E-state index contributed by atoms with van der Waals surface area (Å²) in [5.74, 6) is -0.334. The van der Waals surface area contributed by atoms with Crippen molar-refractivity contribution in [3.8, 4) is 0 Å². The van der Waals surface area contributed by atoms with Crippen LogP contribution in [0.5, 0.6) is 0 Å². The second kappa shape index (κ2) is 17.8. The molecule has 0 aromatic carbocycles. The van der Waals surface area contributed by atoms with E-state index in [9.17, 15) is 9.59 Å². The molecule has 0 aliphatic rings. The van der Waals surface area contributed by atoms with Gasteiger partial charge in [0.1, 0.15) is 12.7 Å². The standard InChI is InChI=1S/C21H40O4/c1-4-7-9-11-13-16-20(22)24-18-19(15-6-3)25-21(23)17-14-12-10-8-5-2/h19H,4-18H2,1-3H3. The first-order valence-corrected chi connectivity index (χ1v) is 10.5. The quantitative estimate of drug-likeness (QED) is 0.238. The third-order valence-corrected chi connectivity index (χ3v) is 4.31. The minimum atomic E-state index is -0.294. The number of rotatable bonds is 17. The third kappa shape index (κ3) is 16.2. The second-order valence-electron chi connectivity index (χ2n) is 6.91. The Bertz CT molecular complexity index is 328. The Morgan fingerprint density at radius 3 is 1.72 bits per heavy atom. The van der Waals surface area contributed by atoms with Crippen LogP contribution >= 0.6 is 0 Å². The minimum absolute atomic E-state index is 0.162. The number of ether oxygens (including phenoxy) is 2. The largest absolute Gasteiger partial charge is 0.462 e. The monoisotopic (exact) mass is 356 g/mol. The summed E-state index contributed by atoms with van der Waals surface area (Å²) >= 11 is 0. The highest BCUT2D eigenvalue weighted by Gasteiger charge is 2.16. The lowest BCUT2D eigenvalue weighted by atomic mass is 10.1. The number of hydrogen-bond donors (Lipinski definition) is 0. The van der Waals surface area contributed by atoms with Crippen LogP contribution < -0.4 is 0 Å². The fourth-order valence-corrected chi connectivity index (χ4v) is 2.75. The Hall–Kier alpha value is -1.06. The SMILES string of the molecule is CCCCCCCC(=O)OCC(CCC)OC(=O)CCCCCCC. The highest BCUT2D eigenvalue weighted by molar-refractivity contribution is 5.70. The van der Waals surface area contributed by atoms with E-state index in [4.69, 9.17) is 9.47 Å². The van der Waals surface area contributed by atoms with Crippen LogP contribution in [0.3, 0.4) is 0 Å². The number of carbonyl (C=O) groups excluding carboxylic acids is 2.